The van der Waals surface area contributed by atoms with Gasteiger partial charge in [-0.3, -0.25) is 0 Å². The molecule has 15 heavy (non-hydrogen) atoms. The van der Waals surface area contributed by atoms with Crippen LogP contribution in [0, 0.1) is 0 Å². The molecule has 0 amide bonds. The van der Waals surface area contributed by atoms with Crippen LogP contribution in [-0.2, 0) is 6.42 Å². The molecule has 1 aromatic rings. The lowest BCUT2D eigenvalue weighted by Crippen LogP contribution is -2.27. The first-order valence-electron chi connectivity index (χ1n) is 5.71. The molecule has 0 spiro atoms. The summed E-state index contributed by atoms with van der Waals surface area (Å²) in [6.45, 7) is 3.38. The number of aliphatic hydroxyl groups excluding tert-OH is 1. The van der Waals surface area contributed by atoms with Gasteiger partial charge >= 0.3 is 0 Å². The van der Waals surface area contributed by atoms with Crippen LogP contribution in [0.3, 0.4) is 0 Å². The van der Waals surface area contributed by atoms with Gasteiger partial charge in [-0.25, -0.2) is 0 Å². The molecule has 0 bridgehead atoms. The summed E-state index contributed by atoms with van der Waals surface area (Å²) in [5, 5.41) is 12.0. The first-order valence-corrected chi connectivity index (χ1v) is 5.71. The molecule has 0 fully saturated rings. The summed E-state index contributed by atoms with van der Waals surface area (Å²) in [4.78, 5) is 0. The van der Waals surface area contributed by atoms with Gasteiger partial charge in [-0.05, 0) is 38.3 Å². The SMILES string of the molecule is C[C@@H](CCc1ccccc1)NCCCO. The number of hydrogen-bond acceptors (Lipinski definition) is 2. The topological polar surface area (TPSA) is 32.3 Å². The van der Waals surface area contributed by atoms with Crippen molar-refractivity contribution in [3.05, 3.63) is 35.9 Å². The van der Waals surface area contributed by atoms with Crippen molar-refractivity contribution in [1.29, 1.82) is 0 Å². The van der Waals surface area contributed by atoms with E-state index in [0.29, 0.717) is 6.04 Å². The fourth-order valence-corrected chi connectivity index (χ4v) is 1.56. The zero-order valence-electron chi connectivity index (χ0n) is 9.45. The summed E-state index contributed by atoms with van der Waals surface area (Å²) < 4.78 is 0. The molecule has 0 aliphatic rings. The summed E-state index contributed by atoms with van der Waals surface area (Å²) in [6, 6.07) is 11.1. The molecule has 2 nitrogen and oxygen atoms in total. The monoisotopic (exact) mass is 207 g/mol. The summed E-state index contributed by atoms with van der Waals surface area (Å²) >= 11 is 0. The Kier molecular flexibility index (Phi) is 6.05. The largest absolute Gasteiger partial charge is 0.396 e. The van der Waals surface area contributed by atoms with Crippen molar-refractivity contribution in [3.63, 3.8) is 0 Å². The minimum Gasteiger partial charge on any atom is -0.396 e. The summed E-state index contributed by atoms with van der Waals surface area (Å²) in [6.07, 6.45) is 3.11. The van der Waals surface area contributed by atoms with E-state index in [0.717, 1.165) is 25.8 Å². The minimum atomic E-state index is 0.276. The van der Waals surface area contributed by atoms with E-state index >= 15 is 0 Å². The smallest absolute Gasteiger partial charge is 0.0443 e. The molecule has 84 valence electrons. The van der Waals surface area contributed by atoms with E-state index in [1.54, 1.807) is 0 Å². The van der Waals surface area contributed by atoms with Crippen LogP contribution in [0.2, 0.25) is 0 Å². The third-order valence-electron chi connectivity index (χ3n) is 2.54. The second-order valence-electron chi connectivity index (χ2n) is 3.96. The average Bonchev–Trinajstić information content (AvgIpc) is 2.28. The Bertz CT molecular complexity index is 248. The van der Waals surface area contributed by atoms with Crippen LogP contribution in [0.25, 0.3) is 0 Å². The highest BCUT2D eigenvalue weighted by molar-refractivity contribution is 5.14. The summed E-state index contributed by atoms with van der Waals surface area (Å²) in [7, 11) is 0. The van der Waals surface area contributed by atoms with Crippen molar-refractivity contribution in [2.75, 3.05) is 13.2 Å². The van der Waals surface area contributed by atoms with Crippen molar-refractivity contribution >= 4 is 0 Å². The van der Waals surface area contributed by atoms with Gasteiger partial charge < -0.3 is 10.4 Å². The van der Waals surface area contributed by atoms with E-state index < -0.39 is 0 Å². The molecular weight excluding hydrogens is 186 g/mol. The standard InChI is InChI=1S/C13H21NO/c1-12(14-10-5-11-15)8-9-13-6-3-2-4-7-13/h2-4,6-7,12,14-15H,5,8-11H2,1H3/t12-/m0/s1. The molecule has 1 rings (SSSR count). The van der Waals surface area contributed by atoms with E-state index in [1.807, 2.05) is 6.07 Å². The van der Waals surface area contributed by atoms with Crippen molar-refractivity contribution in [2.24, 2.45) is 0 Å². The predicted octanol–water partition coefficient (Wildman–Crippen LogP) is 1.98. The first-order chi connectivity index (χ1) is 7.33. The van der Waals surface area contributed by atoms with Crippen LogP contribution in [-0.4, -0.2) is 24.3 Å². The Balaban J connectivity index is 2.14. The number of aryl methyl sites for hydroxylation is 1. The molecule has 0 aliphatic carbocycles. The maximum atomic E-state index is 8.65. The molecule has 2 heteroatoms. The van der Waals surface area contributed by atoms with Crippen LogP contribution in [0.1, 0.15) is 25.3 Å². The second-order valence-corrected chi connectivity index (χ2v) is 3.96. The van der Waals surface area contributed by atoms with E-state index in [9.17, 15) is 0 Å². The lowest BCUT2D eigenvalue weighted by atomic mass is 10.1. The lowest BCUT2D eigenvalue weighted by molar-refractivity contribution is 0.283. The highest BCUT2D eigenvalue weighted by atomic mass is 16.3. The van der Waals surface area contributed by atoms with E-state index in [4.69, 9.17) is 5.11 Å². The number of benzene rings is 1. The molecule has 0 heterocycles. The summed E-state index contributed by atoms with van der Waals surface area (Å²) in [5.74, 6) is 0. The van der Waals surface area contributed by atoms with Gasteiger partial charge in [0.2, 0.25) is 0 Å². The Hall–Kier alpha value is -0.860. The van der Waals surface area contributed by atoms with Gasteiger partial charge in [-0.1, -0.05) is 30.3 Å². The Morgan fingerprint density at radius 2 is 2.00 bits per heavy atom. The molecule has 0 aliphatic heterocycles. The van der Waals surface area contributed by atoms with Gasteiger partial charge in [0.25, 0.3) is 0 Å². The second kappa shape index (κ2) is 7.43. The van der Waals surface area contributed by atoms with Gasteiger partial charge in [0.15, 0.2) is 0 Å². The van der Waals surface area contributed by atoms with Gasteiger partial charge in [0.05, 0.1) is 0 Å². The molecule has 0 aromatic heterocycles. The third kappa shape index (κ3) is 5.55. The third-order valence-corrected chi connectivity index (χ3v) is 2.54. The number of aliphatic hydroxyl groups is 1. The number of rotatable bonds is 7. The van der Waals surface area contributed by atoms with Gasteiger partial charge in [0.1, 0.15) is 0 Å². The highest BCUT2D eigenvalue weighted by Crippen LogP contribution is 2.04. The van der Waals surface area contributed by atoms with E-state index in [1.165, 1.54) is 5.56 Å². The van der Waals surface area contributed by atoms with Crippen LogP contribution < -0.4 is 5.32 Å². The van der Waals surface area contributed by atoms with E-state index in [-0.39, 0.29) is 6.61 Å². The van der Waals surface area contributed by atoms with Crippen LogP contribution in [0.4, 0.5) is 0 Å². The predicted molar refractivity (Wildman–Crippen MR) is 63.9 cm³/mol. The number of nitrogens with one attached hydrogen (secondary N) is 1. The normalized spacial score (nSPS) is 12.7. The molecule has 1 atom stereocenters. The van der Waals surface area contributed by atoms with Crippen molar-refractivity contribution < 1.29 is 5.11 Å². The number of hydrogen-bond donors (Lipinski definition) is 2. The molecule has 2 N–H and O–H groups in total. The fourth-order valence-electron chi connectivity index (χ4n) is 1.56. The fraction of sp³-hybridized carbons (Fsp3) is 0.538. The maximum absolute atomic E-state index is 8.65. The molecule has 1 aromatic carbocycles. The zero-order valence-corrected chi connectivity index (χ0v) is 9.45. The van der Waals surface area contributed by atoms with Crippen molar-refractivity contribution in [2.45, 2.75) is 32.2 Å². The van der Waals surface area contributed by atoms with E-state index in [2.05, 4.69) is 36.5 Å². The lowest BCUT2D eigenvalue weighted by Gasteiger charge is -2.13. The average molecular weight is 207 g/mol. The van der Waals surface area contributed by atoms with Crippen molar-refractivity contribution in [1.82, 2.24) is 5.32 Å². The van der Waals surface area contributed by atoms with Crippen LogP contribution >= 0.6 is 0 Å². The van der Waals surface area contributed by atoms with Gasteiger partial charge in [-0.15, -0.1) is 0 Å². The molecular formula is C13H21NO. The Labute approximate surface area is 92.3 Å². The first kappa shape index (κ1) is 12.2. The molecule has 0 radical (unpaired) electrons. The minimum absolute atomic E-state index is 0.276. The molecule has 0 unspecified atom stereocenters. The Morgan fingerprint density at radius 3 is 2.67 bits per heavy atom. The quantitative estimate of drug-likeness (QED) is 0.670. The maximum Gasteiger partial charge on any atom is 0.0443 e. The highest BCUT2D eigenvalue weighted by Gasteiger charge is 2.00. The summed E-state index contributed by atoms with van der Waals surface area (Å²) in [5.41, 5.74) is 1.40. The van der Waals surface area contributed by atoms with Crippen LogP contribution in [0.15, 0.2) is 30.3 Å². The van der Waals surface area contributed by atoms with Crippen molar-refractivity contribution in [3.8, 4) is 0 Å². The van der Waals surface area contributed by atoms with Crippen LogP contribution in [0.5, 0.6) is 0 Å². The zero-order chi connectivity index (χ0) is 10.9. The van der Waals surface area contributed by atoms with Gasteiger partial charge in [0, 0.05) is 12.6 Å². The Morgan fingerprint density at radius 1 is 1.27 bits per heavy atom. The molecule has 0 saturated heterocycles. The molecule has 0 saturated carbocycles. The van der Waals surface area contributed by atoms with Gasteiger partial charge in [-0.2, -0.15) is 0 Å².